The van der Waals surface area contributed by atoms with Crippen molar-refractivity contribution < 1.29 is 4.74 Å². The van der Waals surface area contributed by atoms with Gasteiger partial charge >= 0.3 is 0 Å². The maximum Gasteiger partial charge on any atom is 0.0844 e. The Labute approximate surface area is 100 Å². The van der Waals surface area contributed by atoms with Crippen molar-refractivity contribution in [3.63, 3.8) is 0 Å². The standard InChI is InChI=1S/C13H28N2O/c1-10(2)9-12(15-14)13(16-4)7-5-11(3)6-8-13/h10-12,15H,5-9,14H2,1-4H3. The quantitative estimate of drug-likeness (QED) is 0.561. The lowest BCUT2D eigenvalue weighted by Gasteiger charge is -2.44. The Morgan fingerprint density at radius 1 is 1.38 bits per heavy atom. The van der Waals surface area contributed by atoms with Crippen LogP contribution in [0.5, 0.6) is 0 Å². The number of methoxy groups -OCH3 is 1. The van der Waals surface area contributed by atoms with E-state index in [9.17, 15) is 0 Å². The Morgan fingerprint density at radius 2 is 1.94 bits per heavy atom. The molecule has 0 spiro atoms. The molecule has 0 heterocycles. The zero-order chi connectivity index (χ0) is 12.2. The second-order valence-electron chi connectivity index (χ2n) is 5.80. The summed E-state index contributed by atoms with van der Waals surface area (Å²) in [7, 11) is 1.83. The van der Waals surface area contributed by atoms with Gasteiger partial charge in [0.2, 0.25) is 0 Å². The molecule has 0 bridgehead atoms. The number of nitrogens with two attached hydrogens (primary N) is 1. The summed E-state index contributed by atoms with van der Waals surface area (Å²) in [6, 6.07) is 0.282. The second kappa shape index (κ2) is 5.99. The molecule has 3 N–H and O–H groups in total. The Hall–Kier alpha value is -0.120. The van der Waals surface area contributed by atoms with Crippen LogP contribution in [-0.2, 0) is 4.74 Å². The van der Waals surface area contributed by atoms with Crippen molar-refractivity contribution in [2.75, 3.05) is 7.11 Å². The van der Waals surface area contributed by atoms with Gasteiger partial charge in [-0.2, -0.15) is 0 Å². The molecule has 1 aliphatic carbocycles. The summed E-state index contributed by atoms with van der Waals surface area (Å²) in [5.41, 5.74) is 2.95. The lowest BCUT2D eigenvalue weighted by molar-refractivity contribution is -0.0788. The third-order valence-corrected chi connectivity index (χ3v) is 4.07. The Balaban J connectivity index is 2.69. The molecule has 0 aliphatic heterocycles. The van der Waals surface area contributed by atoms with Crippen LogP contribution >= 0.6 is 0 Å². The number of hydrogen-bond donors (Lipinski definition) is 2. The molecular weight excluding hydrogens is 200 g/mol. The highest BCUT2D eigenvalue weighted by Crippen LogP contribution is 2.38. The van der Waals surface area contributed by atoms with Crippen LogP contribution in [0.25, 0.3) is 0 Å². The second-order valence-corrected chi connectivity index (χ2v) is 5.80. The van der Waals surface area contributed by atoms with Gasteiger partial charge in [-0.15, -0.1) is 0 Å². The van der Waals surface area contributed by atoms with E-state index in [-0.39, 0.29) is 11.6 Å². The van der Waals surface area contributed by atoms with E-state index < -0.39 is 0 Å². The molecule has 0 aromatic heterocycles. The minimum absolute atomic E-state index is 0.0362. The molecule has 16 heavy (non-hydrogen) atoms. The zero-order valence-corrected chi connectivity index (χ0v) is 11.3. The van der Waals surface area contributed by atoms with Gasteiger partial charge in [-0.3, -0.25) is 11.3 Å². The van der Waals surface area contributed by atoms with Gasteiger partial charge in [-0.1, -0.05) is 20.8 Å². The van der Waals surface area contributed by atoms with E-state index in [0.29, 0.717) is 5.92 Å². The van der Waals surface area contributed by atoms with E-state index in [1.54, 1.807) is 0 Å². The highest BCUT2D eigenvalue weighted by atomic mass is 16.5. The summed E-state index contributed by atoms with van der Waals surface area (Å²) >= 11 is 0. The highest BCUT2D eigenvalue weighted by Gasteiger charge is 2.41. The maximum atomic E-state index is 5.84. The lowest BCUT2D eigenvalue weighted by Crippen LogP contribution is -2.56. The van der Waals surface area contributed by atoms with Crippen LogP contribution in [0.15, 0.2) is 0 Å². The van der Waals surface area contributed by atoms with E-state index >= 15 is 0 Å². The molecule has 1 fully saturated rings. The molecule has 0 saturated heterocycles. The predicted molar refractivity (Wildman–Crippen MR) is 67.9 cm³/mol. The first kappa shape index (κ1) is 13.9. The number of hydrazine groups is 1. The van der Waals surface area contributed by atoms with Crippen LogP contribution in [-0.4, -0.2) is 18.8 Å². The van der Waals surface area contributed by atoms with Gasteiger partial charge < -0.3 is 4.74 Å². The van der Waals surface area contributed by atoms with Crippen molar-refractivity contribution in [3.8, 4) is 0 Å². The molecule has 0 aromatic carbocycles. The van der Waals surface area contributed by atoms with E-state index in [0.717, 1.165) is 25.2 Å². The van der Waals surface area contributed by atoms with Crippen LogP contribution in [0.4, 0.5) is 0 Å². The van der Waals surface area contributed by atoms with Crippen LogP contribution in [0, 0.1) is 11.8 Å². The molecular formula is C13H28N2O. The first-order valence-corrected chi connectivity index (χ1v) is 6.55. The fourth-order valence-electron chi connectivity index (χ4n) is 2.85. The van der Waals surface area contributed by atoms with Crippen molar-refractivity contribution in [1.29, 1.82) is 0 Å². The number of hydrogen-bond acceptors (Lipinski definition) is 3. The van der Waals surface area contributed by atoms with Crippen molar-refractivity contribution in [2.45, 2.75) is 64.5 Å². The fraction of sp³-hybridized carbons (Fsp3) is 1.00. The highest BCUT2D eigenvalue weighted by molar-refractivity contribution is 4.95. The summed E-state index contributed by atoms with van der Waals surface area (Å²) in [4.78, 5) is 0. The maximum absolute atomic E-state index is 5.84. The fourth-order valence-corrected chi connectivity index (χ4v) is 2.85. The van der Waals surface area contributed by atoms with Gasteiger partial charge in [-0.25, -0.2) is 0 Å². The average molecular weight is 228 g/mol. The van der Waals surface area contributed by atoms with Gasteiger partial charge in [0.1, 0.15) is 0 Å². The number of rotatable bonds is 5. The van der Waals surface area contributed by atoms with Crippen molar-refractivity contribution >= 4 is 0 Å². The minimum atomic E-state index is -0.0362. The van der Waals surface area contributed by atoms with Gasteiger partial charge in [0.05, 0.1) is 11.6 Å². The summed E-state index contributed by atoms with van der Waals surface area (Å²) in [6.07, 6.45) is 5.85. The molecule has 0 amide bonds. The average Bonchev–Trinajstić information content (AvgIpc) is 2.27. The Kier molecular flexibility index (Phi) is 5.22. The summed E-state index contributed by atoms with van der Waals surface area (Å²) in [5, 5.41) is 0. The Morgan fingerprint density at radius 3 is 2.31 bits per heavy atom. The zero-order valence-electron chi connectivity index (χ0n) is 11.3. The first-order valence-electron chi connectivity index (χ1n) is 6.55. The topological polar surface area (TPSA) is 47.3 Å². The third-order valence-electron chi connectivity index (χ3n) is 4.07. The smallest absolute Gasteiger partial charge is 0.0844 e. The molecule has 1 atom stereocenters. The molecule has 0 aromatic rings. The summed E-state index contributed by atoms with van der Waals surface area (Å²) in [5.74, 6) is 7.20. The van der Waals surface area contributed by atoms with Gasteiger partial charge in [-0.05, 0) is 43.9 Å². The lowest BCUT2D eigenvalue weighted by atomic mass is 9.73. The van der Waals surface area contributed by atoms with Gasteiger partial charge in [0.25, 0.3) is 0 Å². The molecule has 3 nitrogen and oxygen atoms in total. The van der Waals surface area contributed by atoms with Gasteiger partial charge in [0, 0.05) is 7.11 Å². The number of ether oxygens (including phenoxy) is 1. The normalized spacial score (nSPS) is 33.0. The van der Waals surface area contributed by atoms with Crippen LogP contribution < -0.4 is 11.3 Å². The van der Waals surface area contributed by atoms with E-state index in [2.05, 4.69) is 26.2 Å². The predicted octanol–water partition coefficient (Wildman–Crippen LogP) is 2.46. The molecule has 3 heteroatoms. The van der Waals surface area contributed by atoms with Crippen LogP contribution in [0.2, 0.25) is 0 Å². The molecule has 1 unspecified atom stereocenters. The number of nitrogens with one attached hydrogen (secondary N) is 1. The largest absolute Gasteiger partial charge is 0.377 e. The van der Waals surface area contributed by atoms with E-state index in [4.69, 9.17) is 10.6 Å². The molecule has 1 saturated carbocycles. The van der Waals surface area contributed by atoms with Crippen LogP contribution in [0.3, 0.4) is 0 Å². The van der Waals surface area contributed by atoms with Crippen molar-refractivity contribution in [3.05, 3.63) is 0 Å². The summed E-state index contributed by atoms with van der Waals surface area (Å²) < 4.78 is 5.84. The van der Waals surface area contributed by atoms with Crippen LogP contribution in [0.1, 0.15) is 52.9 Å². The minimum Gasteiger partial charge on any atom is -0.377 e. The van der Waals surface area contributed by atoms with Gasteiger partial charge in [0.15, 0.2) is 0 Å². The van der Waals surface area contributed by atoms with Crippen molar-refractivity contribution in [1.82, 2.24) is 5.43 Å². The molecule has 1 aliphatic rings. The SMILES string of the molecule is COC1(C(CC(C)C)NN)CCC(C)CC1. The third kappa shape index (κ3) is 3.19. The van der Waals surface area contributed by atoms with Crippen molar-refractivity contribution in [2.24, 2.45) is 17.7 Å². The Bertz CT molecular complexity index is 198. The monoisotopic (exact) mass is 228 g/mol. The van der Waals surface area contributed by atoms with E-state index in [1.165, 1.54) is 12.8 Å². The first-order chi connectivity index (χ1) is 7.54. The molecule has 1 rings (SSSR count). The molecule has 96 valence electrons. The molecule has 0 radical (unpaired) electrons. The van der Waals surface area contributed by atoms with E-state index in [1.807, 2.05) is 7.11 Å². The summed E-state index contributed by atoms with van der Waals surface area (Å²) in [6.45, 7) is 6.80.